The zero-order valence-electron chi connectivity index (χ0n) is 38.9. The standard InChI is InChI=1S/C45H53N17O9/c1-23(2)35(55-32(63)9-5-4-6-19-62-33(64)16-17-34(62)65)43(69)51-24(3)40(66)53-27-14-15-29(30(20-27)38-58-60-61-59-38)42(68)48-18-7-8-31(44(70)71)54-41(67)25-10-12-26(13-11-25)49-21-28-22-50-39-36(52-28)37(46)56-45(47)57-39/h10-17,20,22-24,31,35,49H,4-9,18-19,21H2,1-3H3,(H,48,68)(H,51,69)(H,53,66)(H,54,67)(H,55,63)(H,70,71)(H,58,59,60,61)(H4,46,47,50,56,57)/t24-,31-,35?/m0/s1. The Morgan fingerprint density at radius 2 is 1.55 bits per heavy atom. The van der Waals surface area contributed by atoms with Crippen LogP contribution in [0.25, 0.3) is 22.6 Å². The Kier molecular flexibility index (Phi) is 17.3. The lowest BCUT2D eigenvalue weighted by Gasteiger charge is -2.24. The van der Waals surface area contributed by atoms with Crippen LogP contribution in [0.15, 0.2) is 60.8 Å². The van der Waals surface area contributed by atoms with Crippen molar-refractivity contribution >= 4 is 81.6 Å². The first kappa shape index (κ1) is 51.4. The number of carboxylic acid groups (broad SMARTS) is 1. The highest BCUT2D eigenvalue weighted by molar-refractivity contribution is 6.13. The van der Waals surface area contributed by atoms with Crippen molar-refractivity contribution in [1.29, 1.82) is 0 Å². The number of rotatable bonds is 24. The topological polar surface area (TPSA) is 390 Å². The molecule has 0 aliphatic carbocycles. The molecule has 4 heterocycles. The van der Waals surface area contributed by atoms with Crippen molar-refractivity contribution in [2.24, 2.45) is 5.92 Å². The number of hydrogen-bond acceptors (Lipinski definition) is 18. The van der Waals surface area contributed by atoms with Crippen LogP contribution in [0.4, 0.5) is 23.1 Å². The molecule has 1 unspecified atom stereocenters. The van der Waals surface area contributed by atoms with Gasteiger partial charge in [-0.3, -0.25) is 38.5 Å². The summed E-state index contributed by atoms with van der Waals surface area (Å²) in [5.74, 6) is -4.95. The second-order valence-corrected chi connectivity index (χ2v) is 16.7. The van der Waals surface area contributed by atoms with E-state index in [4.69, 9.17) is 11.5 Å². The zero-order chi connectivity index (χ0) is 51.2. The number of carbonyl (C=O) groups excluding carboxylic acids is 7. The third kappa shape index (κ3) is 14.0. The fourth-order valence-corrected chi connectivity index (χ4v) is 7.17. The first-order valence-corrected chi connectivity index (χ1v) is 22.5. The first-order chi connectivity index (χ1) is 34.0. The average molecular weight is 976 g/mol. The number of amides is 7. The van der Waals surface area contributed by atoms with E-state index in [1.807, 2.05) is 0 Å². The largest absolute Gasteiger partial charge is 0.480 e. The van der Waals surface area contributed by atoms with Gasteiger partial charge in [-0.15, -0.1) is 10.2 Å². The highest BCUT2D eigenvalue weighted by Gasteiger charge is 2.28. The van der Waals surface area contributed by atoms with E-state index in [1.54, 1.807) is 26.0 Å². The summed E-state index contributed by atoms with van der Waals surface area (Å²) in [4.78, 5) is 119. The Bertz CT molecular complexity index is 2800. The number of nitrogen functional groups attached to an aromatic ring is 2. The molecule has 6 rings (SSSR count). The van der Waals surface area contributed by atoms with Gasteiger partial charge in [-0.1, -0.05) is 20.3 Å². The van der Waals surface area contributed by atoms with Crippen LogP contribution in [0.3, 0.4) is 0 Å². The van der Waals surface area contributed by atoms with Gasteiger partial charge in [0.25, 0.3) is 23.6 Å². The Morgan fingerprint density at radius 1 is 0.817 bits per heavy atom. The van der Waals surface area contributed by atoms with E-state index in [0.717, 1.165) is 4.90 Å². The van der Waals surface area contributed by atoms with Gasteiger partial charge in [0.2, 0.25) is 29.5 Å². The van der Waals surface area contributed by atoms with Gasteiger partial charge in [0.15, 0.2) is 17.0 Å². The van der Waals surface area contributed by atoms with Gasteiger partial charge in [-0.05, 0) is 86.2 Å². The van der Waals surface area contributed by atoms with E-state index in [0.29, 0.717) is 36.2 Å². The number of nitrogens with two attached hydrogens (primary N) is 2. The van der Waals surface area contributed by atoms with Crippen molar-refractivity contribution in [2.45, 2.75) is 84.0 Å². The smallest absolute Gasteiger partial charge is 0.326 e. The number of imide groups is 1. The van der Waals surface area contributed by atoms with Crippen LogP contribution < -0.4 is 43.4 Å². The number of unbranched alkanes of at least 4 members (excludes halogenated alkanes) is 2. The molecule has 12 N–H and O–H groups in total. The van der Waals surface area contributed by atoms with Gasteiger partial charge in [-0.25, -0.2) is 14.8 Å². The summed E-state index contributed by atoms with van der Waals surface area (Å²) in [6, 6.07) is 7.39. The molecule has 1 aliphatic heterocycles. The zero-order valence-corrected chi connectivity index (χ0v) is 38.9. The van der Waals surface area contributed by atoms with Crippen LogP contribution in [-0.4, -0.2) is 129 Å². The minimum Gasteiger partial charge on any atom is -0.480 e. The van der Waals surface area contributed by atoms with Gasteiger partial charge in [0.1, 0.15) is 18.1 Å². The molecule has 5 aromatic rings. The van der Waals surface area contributed by atoms with E-state index in [9.17, 15) is 43.5 Å². The number of nitrogens with one attached hydrogen (secondary N) is 7. The van der Waals surface area contributed by atoms with Crippen molar-refractivity contribution in [3.05, 3.63) is 77.6 Å². The molecule has 0 saturated heterocycles. The molecule has 372 valence electrons. The lowest BCUT2D eigenvalue weighted by atomic mass is 10.0. The molecule has 0 fully saturated rings. The molecule has 3 aromatic heterocycles. The molecule has 26 nitrogen and oxygen atoms in total. The average Bonchev–Trinajstić information content (AvgIpc) is 4.00. The summed E-state index contributed by atoms with van der Waals surface area (Å²) in [6.07, 6.45) is 5.78. The van der Waals surface area contributed by atoms with Gasteiger partial charge >= 0.3 is 5.97 Å². The number of fused-ring (bicyclic) bond motifs is 1. The summed E-state index contributed by atoms with van der Waals surface area (Å²) in [7, 11) is 0. The van der Waals surface area contributed by atoms with Crippen LogP contribution in [0.5, 0.6) is 0 Å². The van der Waals surface area contributed by atoms with Crippen LogP contribution in [0, 0.1) is 5.92 Å². The molecule has 0 bridgehead atoms. The highest BCUT2D eigenvalue weighted by Crippen LogP contribution is 2.25. The predicted molar refractivity (Wildman–Crippen MR) is 255 cm³/mol. The van der Waals surface area contributed by atoms with Crippen molar-refractivity contribution in [1.82, 2.24) is 66.7 Å². The predicted octanol–water partition coefficient (Wildman–Crippen LogP) is 0.839. The molecular formula is C45H53N17O9. The minimum atomic E-state index is -1.27. The number of aromatic nitrogens is 8. The number of hydrogen-bond donors (Lipinski definition) is 10. The molecular weight excluding hydrogens is 923 g/mol. The Hall–Kier alpha value is -8.97. The number of aromatic amines is 1. The van der Waals surface area contributed by atoms with Crippen LogP contribution in [-0.2, 0) is 35.3 Å². The van der Waals surface area contributed by atoms with E-state index in [2.05, 4.69) is 72.5 Å². The number of carbonyl (C=O) groups is 8. The fraction of sp³-hybridized carbons (Fsp3) is 0.356. The lowest BCUT2D eigenvalue weighted by molar-refractivity contribution is -0.139. The molecule has 0 saturated carbocycles. The number of anilines is 4. The molecule has 3 atom stereocenters. The highest BCUT2D eigenvalue weighted by atomic mass is 16.4. The summed E-state index contributed by atoms with van der Waals surface area (Å²) < 4.78 is 0. The molecule has 0 radical (unpaired) electrons. The van der Waals surface area contributed by atoms with Crippen LogP contribution >= 0.6 is 0 Å². The molecule has 26 heteroatoms. The first-order valence-electron chi connectivity index (χ1n) is 22.5. The number of carboxylic acids is 1. The van der Waals surface area contributed by atoms with Crippen molar-refractivity contribution in [3.8, 4) is 11.4 Å². The van der Waals surface area contributed by atoms with Crippen molar-refractivity contribution in [2.75, 3.05) is 35.2 Å². The maximum atomic E-state index is 13.4. The monoisotopic (exact) mass is 975 g/mol. The second kappa shape index (κ2) is 23.8. The normalized spacial score (nSPS) is 13.4. The molecule has 0 spiro atoms. The third-order valence-electron chi connectivity index (χ3n) is 11.0. The van der Waals surface area contributed by atoms with Crippen molar-refractivity contribution < 1.29 is 43.5 Å². The molecule has 1 aliphatic rings. The summed E-state index contributed by atoms with van der Waals surface area (Å²) in [5.41, 5.74) is 14.0. The second-order valence-electron chi connectivity index (χ2n) is 16.7. The summed E-state index contributed by atoms with van der Waals surface area (Å²) >= 11 is 0. The SMILES string of the molecule is CC(C)C(NC(=O)CCCCCN1C(=O)C=CC1=O)C(=O)N[C@@H](C)C(=O)Nc1ccc(C(=O)NCCC[C@H](NC(=O)c2ccc(NCc3cnc4nc(N)nc(N)c4n3)cc2)C(=O)O)c(-c2nn[nH]n2)c1. The maximum Gasteiger partial charge on any atom is 0.326 e. The number of nitrogens with zero attached hydrogens (tertiary/aromatic N) is 8. The van der Waals surface area contributed by atoms with Gasteiger partial charge < -0.3 is 48.5 Å². The van der Waals surface area contributed by atoms with E-state index >= 15 is 0 Å². The molecule has 2 aromatic carbocycles. The number of benzene rings is 2. The third-order valence-corrected chi connectivity index (χ3v) is 11.0. The Balaban J connectivity index is 0.952. The number of tetrazole rings is 1. The van der Waals surface area contributed by atoms with E-state index in [-0.39, 0.29) is 108 Å². The summed E-state index contributed by atoms with van der Waals surface area (Å²) in [5, 5.41) is 40.2. The van der Waals surface area contributed by atoms with Crippen LogP contribution in [0.1, 0.15) is 85.7 Å². The number of aliphatic carboxylic acids is 1. The number of H-pyrrole nitrogens is 1. The summed E-state index contributed by atoms with van der Waals surface area (Å²) in [6.45, 7) is 5.49. The van der Waals surface area contributed by atoms with Gasteiger partial charge in [0, 0.05) is 54.2 Å². The molecule has 7 amide bonds. The van der Waals surface area contributed by atoms with Gasteiger partial charge in [0.05, 0.1) is 24.0 Å². The lowest BCUT2D eigenvalue weighted by Crippen LogP contribution is -2.53. The van der Waals surface area contributed by atoms with Crippen molar-refractivity contribution in [3.63, 3.8) is 0 Å². The molecule has 71 heavy (non-hydrogen) atoms. The van der Waals surface area contributed by atoms with Crippen LogP contribution in [0.2, 0.25) is 0 Å². The quantitative estimate of drug-likeness (QED) is 0.0302. The Labute approximate surface area is 405 Å². The van der Waals surface area contributed by atoms with Gasteiger partial charge in [-0.2, -0.15) is 15.2 Å². The minimum absolute atomic E-state index is 0.0150. The van der Waals surface area contributed by atoms with E-state index in [1.165, 1.54) is 55.6 Å². The van der Waals surface area contributed by atoms with E-state index < -0.39 is 47.7 Å². The Morgan fingerprint density at radius 3 is 2.24 bits per heavy atom. The maximum absolute atomic E-state index is 13.4. The fourth-order valence-electron chi connectivity index (χ4n) is 7.17.